The summed E-state index contributed by atoms with van der Waals surface area (Å²) in [6.07, 6.45) is 5.26. The van der Waals surface area contributed by atoms with Gasteiger partial charge < -0.3 is 10.2 Å². The van der Waals surface area contributed by atoms with Crippen molar-refractivity contribution in [1.82, 2.24) is 0 Å². The number of anilines is 2. The van der Waals surface area contributed by atoms with Gasteiger partial charge in [-0.15, -0.1) is 0 Å². The number of thiazole rings is 1. The van der Waals surface area contributed by atoms with E-state index in [1.807, 2.05) is 54.3 Å². The molecule has 1 aliphatic rings. The standard InChI is InChI=1S/C31H33N3O7S4/c1-3-22(18-29-33(14-6-16-44(36,37)38)26-20-24(32-21(2)35)11-13-27(26)42-29)19-30-34(15-7-17-45(39,40)41)31-25-9-5-4-8-23(25)10-12-28(31)43-30/h4-5,8-13,18-20H,3,6-7,14-17H2,1-2H3,(H2-,32,35,36,37,38,39,40,41)/p+1. The molecule has 0 atom stereocenters. The predicted molar refractivity (Wildman–Crippen MR) is 182 cm³/mol. The third-order valence-corrected chi connectivity index (χ3v) is 11.1. The number of aryl methyl sites for hydroxylation is 1. The van der Waals surface area contributed by atoms with Crippen molar-refractivity contribution >= 4 is 87.7 Å². The average Bonchev–Trinajstić information content (AvgIpc) is 3.48. The lowest BCUT2D eigenvalue weighted by molar-refractivity contribution is -0.667. The number of hydrogen-bond acceptors (Lipinski definition) is 8. The molecule has 1 aliphatic heterocycles. The Hall–Kier alpha value is -3.27. The Kier molecular flexibility index (Phi) is 10.0. The van der Waals surface area contributed by atoms with E-state index < -0.39 is 20.2 Å². The lowest BCUT2D eigenvalue weighted by Gasteiger charge is -2.21. The number of nitrogens with one attached hydrogen (secondary N) is 1. The fourth-order valence-corrected chi connectivity index (χ4v) is 8.61. The number of hydrogen-bond donors (Lipinski definition) is 3. The van der Waals surface area contributed by atoms with Gasteiger partial charge in [-0.1, -0.05) is 54.3 Å². The van der Waals surface area contributed by atoms with E-state index in [0.29, 0.717) is 25.2 Å². The van der Waals surface area contributed by atoms with Crippen LogP contribution >= 0.6 is 23.1 Å². The molecule has 4 aromatic rings. The summed E-state index contributed by atoms with van der Waals surface area (Å²) in [6.45, 7) is 4.19. The van der Waals surface area contributed by atoms with Crippen molar-refractivity contribution in [2.75, 3.05) is 28.3 Å². The number of aromatic nitrogens is 1. The highest BCUT2D eigenvalue weighted by molar-refractivity contribution is 8.03. The maximum absolute atomic E-state index is 11.7. The normalized spacial score (nSPS) is 14.9. The van der Waals surface area contributed by atoms with Gasteiger partial charge in [0.25, 0.3) is 25.2 Å². The van der Waals surface area contributed by atoms with Crippen molar-refractivity contribution in [2.45, 2.75) is 44.6 Å². The van der Waals surface area contributed by atoms with Gasteiger partial charge >= 0.3 is 0 Å². The Morgan fingerprint density at radius 1 is 1.00 bits per heavy atom. The second-order valence-electron chi connectivity index (χ2n) is 10.7. The summed E-state index contributed by atoms with van der Waals surface area (Å²) in [4.78, 5) is 14.6. The summed E-state index contributed by atoms with van der Waals surface area (Å²) in [5.41, 5.74) is 3.45. The lowest BCUT2D eigenvalue weighted by atomic mass is 10.1. The number of amides is 1. The maximum atomic E-state index is 11.7. The summed E-state index contributed by atoms with van der Waals surface area (Å²) in [7, 11) is -8.24. The molecule has 0 spiro atoms. The summed E-state index contributed by atoms with van der Waals surface area (Å²) >= 11 is 3.14. The molecular formula is C31H34N3O7S4+. The molecule has 45 heavy (non-hydrogen) atoms. The zero-order chi connectivity index (χ0) is 32.4. The van der Waals surface area contributed by atoms with E-state index in [1.165, 1.54) is 18.7 Å². The molecule has 3 N–H and O–H groups in total. The molecular weight excluding hydrogens is 655 g/mol. The van der Waals surface area contributed by atoms with Crippen LogP contribution in [0.3, 0.4) is 0 Å². The largest absolute Gasteiger partial charge is 0.335 e. The lowest BCUT2D eigenvalue weighted by Crippen LogP contribution is -2.36. The molecule has 1 amide bonds. The molecule has 238 valence electrons. The molecule has 0 unspecified atom stereocenters. The van der Waals surface area contributed by atoms with Gasteiger partial charge in [-0.05, 0) is 60.2 Å². The summed E-state index contributed by atoms with van der Waals surface area (Å²) in [5, 5.41) is 6.72. The van der Waals surface area contributed by atoms with E-state index >= 15 is 0 Å². The first kappa shape index (κ1) is 33.1. The van der Waals surface area contributed by atoms with Crippen molar-refractivity contribution < 1.29 is 35.3 Å². The van der Waals surface area contributed by atoms with Gasteiger partial charge in [0.1, 0.15) is 4.70 Å². The van der Waals surface area contributed by atoms with Crippen LogP contribution in [0.2, 0.25) is 0 Å². The Morgan fingerprint density at radius 2 is 1.73 bits per heavy atom. The predicted octanol–water partition coefficient (Wildman–Crippen LogP) is 6.10. The van der Waals surface area contributed by atoms with Crippen LogP contribution in [0.15, 0.2) is 76.2 Å². The monoisotopic (exact) mass is 688 g/mol. The molecule has 0 radical (unpaired) electrons. The van der Waals surface area contributed by atoms with Gasteiger partial charge in [0.05, 0.1) is 27.6 Å². The zero-order valence-electron chi connectivity index (χ0n) is 24.8. The quantitative estimate of drug-likeness (QED) is 0.119. The third-order valence-electron chi connectivity index (χ3n) is 7.26. The fraction of sp³-hybridized carbons (Fsp3) is 0.290. The number of thioether (sulfide) groups is 1. The van der Waals surface area contributed by atoms with Gasteiger partial charge in [-0.3, -0.25) is 13.9 Å². The number of carbonyl (C=O) groups excluding carboxylic acids is 1. The summed E-state index contributed by atoms with van der Waals surface area (Å²) in [5.74, 6) is -0.923. The minimum atomic E-state index is -4.13. The van der Waals surface area contributed by atoms with Crippen LogP contribution in [0.25, 0.3) is 27.1 Å². The minimum Gasteiger partial charge on any atom is -0.335 e. The van der Waals surface area contributed by atoms with Gasteiger partial charge in [0, 0.05) is 36.5 Å². The first-order valence-corrected chi connectivity index (χ1v) is 19.2. The Labute approximate surface area is 270 Å². The van der Waals surface area contributed by atoms with Crippen molar-refractivity contribution in [2.24, 2.45) is 0 Å². The molecule has 1 aromatic heterocycles. The van der Waals surface area contributed by atoms with Crippen LogP contribution in [0, 0.1) is 0 Å². The Balaban J connectivity index is 1.57. The maximum Gasteiger partial charge on any atom is 0.265 e. The first-order valence-electron chi connectivity index (χ1n) is 14.3. The molecule has 0 saturated carbocycles. The Morgan fingerprint density at radius 3 is 2.44 bits per heavy atom. The van der Waals surface area contributed by atoms with E-state index in [-0.39, 0.29) is 30.3 Å². The number of rotatable bonds is 12. The highest BCUT2D eigenvalue weighted by atomic mass is 32.2. The second kappa shape index (κ2) is 13.6. The molecule has 2 heterocycles. The van der Waals surface area contributed by atoms with Gasteiger partial charge in [0.2, 0.25) is 11.4 Å². The second-order valence-corrected chi connectivity index (χ2v) is 15.9. The molecule has 10 nitrogen and oxygen atoms in total. The van der Waals surface area contributed by atoms with Crippen LogP contribution in [-0.2, 0) is 31.6 Å². The van der Waals surface area contributed by atoms with Gasteiger partial charge in [0.15, 0.2) is 6.54 Å². The van der Waals surface area contributed by atoms with Gasteiger partial charge in [-0.2, -0.15) is 21.4 Å². The fourth-order valence-electron chi connectivity index (χ4n) is 5.30. The molecule has 3 aromatic carbocycles. The van der Waals surface area contributed by atoms with Crippen LogP contribution in [0.4, 0.5) is 11.4 Å². The van der Waals surface area contributed by atoms with Crippen LogP contribution < -0.4 is 14.8 Å². The first-order chi connectivity index (χ1) is 21.3. The van der Waals surface area contributed by atoms with Crippen molar-refractivity contribution in [3.63, 3.8) is 0 Å². The van der Waals surface area contributed by atoms with E-state index in [2.05, 4.69) is 34.2 Å². The highest BCUT2D eigenvalue weighted by Crippen LogP contribution is 2.47. The number of fused-ring (bicyclic) bond motifs is 4. The zero-order valence-corrected chi connectivity index (χ0v) is 28.0. The number of carbonyl (C=O) groups is 1. The number of benzene rings is 3. The SMILES string of the molecule is CCC(/C=C1\Sc2ccc(NC(C)=O)cc2N1CCCS(=O)(=O)O)=C\c1sc2ccc3ccccc3c2[n+]1CCCS(=O)(=O)O. The molecule has 0 aliphatic carbocycles. The van der Waals surface area contributed by atoms with Crippen molar-refractivity contribution in [1.29, 1.82) is 0 Å². The minimum absolute atomic E-state index is 0.197. The van der Waals surface area contributed by atoms with Crippen LogP contribution in [-0.4, -0.2) is 49.9 Å². The highest BCUT2D eigenvalue weighted by Gasteiger charge is 2.27. The smallest absolute Gasteiger partial charge is 0.265 e. The molecule has 0 saturated heterocycles. The van der Waals surface area contributed by atoms with Gasteiger partial charge in [-0.25, -0.2) is 0 Å². The third kappa shape index (κ3) is 8.31. The van der Waals surface area contributed by atoms with E-state index in [9.17, 15) is 30.7 Å². The summed E-state index contributed by atoms with van der Waals surface area (Å²) < 4.78 is 67.8. The Bertz CT molecular complexity index is 2050. The van der Waals surface area contributed by atoms with Crippen LogP contribution in [0.5, 0.6) is 0 Å². The topological polar surface area (TPSA) is 145 Å². The van der Waals surface area contributed by atoms with Crippen LogP contribution in [0.1, 0.15) is 38.1 Å². The van der Waals surface area contributed by atoms with E-state index in [4.69, 9.17) is 0 Å². The van der Waals surface area contributed by atoms with E-state index in [1.54, 1.807) is 11.3 Å². The van der Waals surface area contributed by atoms with Crippen molar-refractivity contribution in [3.8, 4) is 0 Å². The molecule has 0 fully saturated rings. The average molecular weight is 689 g/mol. The summed E-state index contributed by atoms with van der Waals surface area (Å²) in [6, 6.07) is 17.8. The number of nitrogens with zero attached hydrogens (tertiary/aromatic N) is 2. The number of allylic oxidation sites excluding steroid dienone is 2. The molecule has 0 bridgehead atoms. The molecule has 5 rings (SSSR count). The van der Waals surface area contributed by atoms with E-state index in [0.717, 1.165) is 47.2 Å². The van der Waals surface area contributed by atoms with Crippen molar-refractivity contribution in [3.05, 3.63) is 76.3 Å². The molecule has 14 heteroatoms.